The number of carbonyl (C=O) groups excluding carboxylic acids is 2. The van der Waals surface area contributed by atoms with Gasteiger partial charge in [0.25, 0.3) is 0 Å². The summed E-state index contributed by atoms with van der Waals surface area (Å²) in [4.78, 5) is 25.0. The third kappa shape index (κ3) is 2.24. The molecule has 8 atom stereocenters. The molecule has 0 heterocycles. The van der Waals surface area contributed by atoms with E-state index in [-0.39, 0.29) is 27.9 Å². The maximum absolute atomic E-state index is 13.1. The highest BCUT2D eigenvalue weighted by Crippen LogP contribution is 2.71. The molecule has 0 aromatic rings. The molecule has 0 spiro atoms. The molecule has 3 unspecified atom stereocenters. The number of aliphatic hydroxyl groups excluding tert-OH is 1. The molecule has 4 rings (SSSR count). The van der Waals surface area contributed by atoms with Crippen molar-refractivity contribution in [2.75, 3.05) is 0 Å². The first-order valence-corrected chi connectivity index (χ1v) is 10.7. The Morgan fingerprint density at radius 3 is 2.67 bits per heavy atom. The molecule has 0 aromatic carbocycles. The van der Waals surface area contributed by atoms with Gasteiger partial charge in [0.05, 0.1) is 6.10 Å². The van der Waals surface area contributed by atoms with Crippen LogP contribution in [0.15, 0.2) is 23.8 Å². The van der Waals surface area contributed by atoms with Crippen LogP contribution in [-0.4, -0.2) is 22.8 Å². The molecular formula is C24H34O3. The minimum Gasteiger partial charge on any atom is -0.393 e. The summed E-state index contributed by atoms with van der Waals surface area (Å²) in [5.74, 6) is 1.80. The molecule has 3 nitrogen and oxygen atoms in total. The fourth-order valence-electron chi connectivity index (χ4n) is 7.84. The second-order valence-electron chi connectivity index (χ2n) is 10.3. The molecule has 0 aromatic heterocycles. The first-order valence-electron chi connectivity index (χ1n) is 10.7. The van der Waals surface area contributed by atoms with Crippen LogP contribution in [0.4, 0.5) is 0 Å². The van der Waals surface area contributed by atoms with Crippen LogP contribution in [0, 0.1) is 39.9 Å². The second-order valence-corrected chi connectivity index (χ2v) is 10.3. The Hall–Kier alpha value is -1.22. The average Bonchev–Trinajstić information content (AvgIpc) is 2.82. The Morgan fingerprint density at radius 1 is 1.30 bits per heavy atom. The van der Waals surface area contributed by atoms with Crippen LogP contribution in [0.5, 0.6) is 0 Å². The van der Waals surface area contributed by atoms with Crippen LogP contribution in [0.2, 0.25) is 0 Å². The van der Waals surface area contributed by atoms with Crippen molar-refractivity contribution < 1.29 is 14.7 Å². The summed E-state index contributed by atoms with van der Waals surface area (Å²) in [7, 11) is 0. The number of hydrogen-bond donors (Lipinski definition) is 1. The smallest absolute Gasteiger partial charge is 0.178 e. The van der Waals surface area contributed by atoms with E-state index in [0.717, 1.165) is 19.3 Å². The first kappa shape index (κ1) is 19.1. The predicted molar refractivity (Wildman–Crippen MR) is 106 cm³/mol. The fraction of sp³-hybridized carbons (Fsp3) is 0.750. The highest BCUT2D eigenvalue weighted by atomic mass is 16.3. The normalized spacial score (nSPS) is 51.3. The molecular weight excluding hydrogens is 336 g/mol. The molecule has 0 bridgehead atoms. The van der Waals surface area contributed by atoms with E-state index in [1.807, 2.05) is 6.92 Å². The highest BCUT2D eigenvalue weighted by molar-refractivity contribution is 6.01. The van der Waals surface area contributed by atoms with Gasteiger partial charge in [-0.3, -0.25) is 9.59 Å². The molecule has 1 N–H and O–H groups in total. The summed E-state index contributed by atoms with van der Waals surface area (Å²) in [5.41, 5.74) is 0.464. The largest absolute Gasteiger partial charge is 0.393 e. The van der Waals surface area contributed by atoms with Gasteiger partial charge in [0.1, 0.15) is 5.78 Å². The molecule has 4 aliphatic carbocycles. The van der Waals surface area contributed by atoms with E-state index in [1.54, 1.807) is 12.2 Å². The average molecular weight is 371 g/mol. The van der Waals surface area contributed by atoms with Gasteiger partial charge in [0.2, 0.25) is 0 Å². The number of allylic oxidation sites excluding steroid dienone is 4. The summed E-state index contributed by atoms with van der Waals surface area (Å²) >= 11 is 0. The van der Waals surface area contributed by atoms with Crippen molar-refractivity contribution in [3.8, 4) is 0 Å². The Bertz CT molecular complexity index is 749. The van der Waals surface area contributed by atoms with Gasteiger partial charge in [0.15, 0.2) is 5.78 Å². The third-order valence-corrected chi connectivity index (χ3v) is 9.57. The lowest BCUT2D eigenvalue weighted by Crippen LogP contribution is -2.58. The van der Waals surface area contributed by atoms with Crippen LogP contribution in [0.25, 0.3) is 0 Å². The number of rotatable bonds is 2. The Labute approximate surface area is 163 Å². The number of ketones is 2. The number of carbonyl (C=O) groups is 2. The molecule has 148 valence electrons. The lowest BCUT2D eigenvalue weighted by molar-refractivity contribution is -0.155. The SMILES string of the molecule is CCC(=O)[C@@]1(C)[C@H](C)CC2C3CCC4=CC(=O)C=C[C@]4(C)C3[C@@H](O)C[C@@]21C. The highest BCUT2D eigenvalue weighted by Gasteiger charge is 2.68. The zero-order valence-corrected chi connectivity index (χ0v) is 17.4. The summed E-state index contributed by atoms with van der Waals surface area (Å²) in [6.45, 7) is 10.9. The minimum atomic E-state index is -0.433. The van der Waals surface area contributed by atoms with Crippen LogP contribution in [0.3, 0.4) is 0 Å². The van der Waals surface area contributed by atoms with Crippen LogP contribution >= 0.6 is 0 Å². The van der Waals surface area contributed by atoms with Crippen molar-refractivity contribution in [3.63, 3.8) is 0 Å². The fourth-order valence-corrected chi connectivity index (χ4v) is 7.84. The maximum Gasteiger partial charge on any atom is 0.178 e. The molecule has 3 heteroatoms. The van der Waals surface area contributed by atoms with Gasteiger partial charge in [-0.15, -0.1) is 0 Å². The monoisotopic (exact) mass is 370 g/mol. The number of hydrogen-bond acceptors (Lipinski definition) is 3. The molecule has 3 saturated carbocycles. The zero-order valence-electron chi connectivity index (χ0n) is 17.4. The summed E-state index contributed by atoms with van der Waals surface area (Å²) in [6.07, 6.45) is 9.41. The lowest BCUT2D eigenvalue weighted by atomic mass is 9.44. The molecule has 3 fully saturated rings. The minimum absolute atomic E-state index is 0.0756. The Morgan fingerprint density at radius 2 is 2.00 bits per heavy atom. The summed E-state index contributed by atoms with van der Waals surface area (Å²) in [6, 6.07) is 0. The standard InChI is InChI=1S/C24H34O3/c1-6-20(27)24(5)14(2)11-18-17-8-7-15-12-16(25)9-10-22(15,3)21(17)19(26)13-23(18,24)4/h9-10,12,14,17-19,21,26H,6-8,11,13H2,1-5H3/t14-,17?,18?,19+,21?,22+,23+,24-/m1/s1. The third-order valence-electron chi connectivity index (χ3n) is 9.57. The Balaban J connectivity index is 1.78. The first-order chi connectivity index (χ1) is 12.6. The Kier molecular flexibility index (Phi) is 4.17. The zero-order chi connectivity index (χ0) is 19.8. The summed E-state index contributed by atoms with van der Waals surface area (Å²) in [5, 5.41) is 11.4. The molecule has 4 aliphatic rings. The summed E-state index contributed by atoms with van der Waals surface area (Å²) < 4.78 is 0. The van der Waals surface area contributed by atoms with Gasteiger partial charge in [-0.05, 0) is 61.0 Å². The van der Waals surface area contributed by atoms with E-state index in [4.69, 9.17) is 0 Å². The van der Waals surface area contributed by atoms with Gasteiger partial charge >= 0.3 is 0 Å². The topological polar surface area (TPSA) is 54.4 Å². The van der Waals surface area contributed by atoms with Crippen molar-refractivity contribution >= 4 is 11.6 Å². The van der Waals surface area contributed by atoms with Crippen LogP contribution < -0.4 is 0 Å². The van der Waals surface area contributed by atoms with E-state index in [9.17, 15) is 14.7 Å². The van der Waals surface area contributed by atoms with Crippen molar-refractivity contribution in [1.29, 1.82) is 0 Å². The van der Waals surface area contributed by atoms with E-state index in [1.165, 1.54) is 5.57 Å². The lowest BCUT2D eigenvalue weighted by Gasteiger charge is -2.60. The van der Waals surface area contributed by atoms with Gasteiger partial charge in [0, 0.05) is 23.2 Å². The van der Waals surface area contributed by atoms with E-state index >= 15 is 0 Å². The molecule has 0 radical (unpaired) electrons. The van der Waals surface area contributed by atoms with Crippen LogP contribution in [0.1, 0.15) is 66.7 Å². The molecule has 27 heavy (non-hydrogen) atoms. The maximum atomic E-state index is 13.1. The molecule has 0 amide bonds. The van der Waals surface area contributed by atoms with Gasteiger partial charge in [-0.1, -0.05) is 46.3 Å². The molecule has 0 aliphatic heterocycles. The molecule has 0 saturated heterocycles. The van der Waals surface area contributed by atoms with Gasteiger partial charge in [-0.2, -0.15) is 0 Å². The van der Waals surface area contributed by atoms with Crippen molar-refractivity contribution in [1.82, 2.24) is 0 Å². The van der Waals surface area contributed by atoms with E-state index in [2.05, 4.69) is 33.8 Å². The number of aliphatic hydroxyl groups is 1. The van der Waals surface area contributed by atoms with Gasteiger partial charge in [-0.25, -0.2) is 0 Å². The van der Waals surface area contributed by atoms with Crippen LogP contribution in [-0.2, 0) is 9.59 Å². The van der Waals surface area contributed by atoms with Gasteiger partial charge < -0.3 is 5.11 Å². The number of fused-ring (bicyclic) bond motifs is 5. The number of Topliss-reactive ketones (excluding diaryl/α,β-unsaturated/α-hetero) is 1. The second kappa shape index (κ2) is 5.89. The van der Waals surface area contributed by atoms with Crippen molar-refractivity contribution in [3.05, 3.63) is 23.8 Å². The van der Waals surface area contributed by atoms with E-state index < -0.39 is 6.10 Å². The predicted octanol–water partition coefficient (Wildman–Crippen LogP) is 4.50. The van der Waals surface area contributed by atoms with Crippen molar-refractivity contribution in [2.24, 2.45) is 39.9 Å². The van der Waals surface area contributed by atoms with Crippen molar-refractivity contribution in [2.45, 2.75) is 72.8 Å². The van der Waals surface area contributed by atoms with E-state index in [0.29, 0.717) is 36.4 Å². The quantitative estimate of drug-likeness (QED) is 0.779.